The summed E-state index contributed by atoms with van der Waals surface area (Å²) in [6.45, 7) is 0. The Bertz CT molecular complexity index is 342. The number of hydrogen-bond donors (Lipinski definition) is 1. The maximum absolute atomic E-state index is 3.87. The van der Waals surface area contributed by atoms with Gasteiger partial charge in [0.25, 0.3) is 0 Å². The molecule has 2 fully saturated rings. The van der Waals surface area contributed by atoms with Crippen LogP contribution in [0.4, 0.5) is 0 Å². The van der Waals surface area contributed by atoms with Crippen molar-refractivity contribution >= 4 is 0 Å². The second-order valence-electron chi connectivity index (χ2n) is 5.54. The van der Waals surface area contributed by atoms with Crippen molar-refractivity contribution in [2.45, 2.75) is 56.5 Å². The molecule has 2 bridgehead atoms. The second-order valence-corrected chi connectivity index (χ2v) is 5.54. The van der Waals surface area contributed by atoms with E-state index >= 15 is 0 Å². The third kappa shape index (κ3) is 2.01. The maximum Gasteiger partial charge on any atom is 0.0187 e. The van der Waals surface area contributed by atoms with Crippen molar-refractivity contribution in [3.05, 3.63) is 35.9 Å². The van der Waals surface area contributed by atoms with Gasteiger partial charge < -0.3 is 5.32 Å². The van der Waals surface area contributed by atoms with Gasteiger partial charge in [-0.1, -0.05) is 36.8 Å². The Labute approximate surface area is 98.3 Å². The molecule has 1 nitrogen and oxygen atoms in total. The van der Waals surface area contributed by atoms with Crippen molar-refractivity contribution in [3.8, 4) is 0 Å². The van der Waals surface area contributed by atoms with Crippen LogP contribution in [0.3, 0.4) is 0 Å². The molecule has 2 aliphatic rings. The summed E-state index contributed by atoms with van der Waals surface area (Å²) in [5, 5.41) is 3.87. The summed E-state index contributed by atoms with van der Waals surface area (Å²) in [6.07, 6.45) is 9.63. The van der Waals surface area contributed by atoms with Crippen molar-refractivity contribution in [3.63, 3.8) is 0 Å². The quantitative estimate of drug-likeness (QED) is 0.816. The van der Waals surface area contributed by atoms with Crippen molar-refractivity contribution in [1.82, 2.24) is 5.32 Å². The van der Waals surface area contributed by atoms with Gasteiger partial charge in [-0.3, -0.25) is 0 Å². The molecule has 0 aromatic heterocycles. The van der Waals surface area contributed by atoms with Crippen molar-refractivity contribution in [1.29, 1.82) is 0 Å². The Morgan fingerprint density at radius 2 is 2.00 bits per heavy atom. The van der Waals surface area contributed by atoms with E-state index in [9.17, 15) is 0 Å². The van der Waals surface area contributed by atoms with E-state index in [0.29, 0.717) is 5.54 Å². The molecule has 0 aliphatic carbocycles. The van der Waals surface area contributed by atoms with Crippen LogP contribution in [0.1, 0.15) is 44.1 Å². The molecule has 2 aliphatic heterocycles. The van der Waals surface area contributed by atoms with Crippen LogP contribution in [-0.2, 0) is 6.42 Å². The van der Waals surface area contributed by atoms with Crippen LogP contribution in [0.2, 0.25) is 0 Å². The molecule has 2 atom stereocenters. The second kappa shape index (κ2) is 4.21. The van der Waals surface area contributed by atoms with Crippen molar-refractivity contribution in [2.75, 3.05) is 0 Å². The lowest BCUT2D eigenvalue weighted by Gasteiger charge is -2.35. The summed E-state index contributed by atoms with van der Waals surface area (Å²) in [7, 11) is 0. The largest absolute Gasteiger partial charge is 0.308 e. The first-order valence-corrected chi connectivity index (χ1v) is 6.68. The van der Waals surface area contributed by atoms with E-state index in [2.05, 4.69) is 35.6 Å². The molecular formula is C15H21N. The predicted octanol–water partition coefficient (Wildman–Crippen LogP) is 3.29. The van der Waals surface area contributed by atoms with Crippen LogP contribution in [0.15, 0.2) is 30.3 Å². The lowest BCUT2D eigenvalue weighted by Crippen LogP contribution is -2.46. The monoisotopic (exact) mass is 215 g/mol. The molecule has 0 saturated carbocycles. The first-order chi connectivity index (χ1) is 7.86. The molecule has 1 aromatic rings. The molecule has 1 aromatic carbocycles. The highest BCUT2D eigenvalue weighted by Gasteiger charge is 2.40. The first-order valence-electron chi connectivity index (χ1n) is 6.68. The van der Waals surface area contributed by atoms with Gasteiger partial charge in [-0.25, -0.2) is 0 Å². The topological polar surface area (TPSA) is 12.0 Å². The number of nitrogens with one attached hydrogen (secondary N) is 1. The van der Waals surface area contributed by atoms with Crippen LogP contribution in [0.25, 0.3) is 0 Å². The Morgan fingerprint density at radius 1 is 1.12 bits per heavy atom. The lowest BCUT2D eigenvalue weighted by atomic mass is 9.85. The van der Waals surface area contributed by atoms with Crippen LogP contribution >= 0.6 is 0 Å². The minimum absolute atomic E-state index is 0.499. The fourth-order valence-electron chi connectivity index (χ4n) is 3.48. The third-order valence-corrected chi connectivity index (χ3v) is 4.42. The summed E-state index contributed by atoms with van der Waals surface area (Å²) < 4.78 is 0. The molecule has 1 N–H and O–H groups in total. The first kappa shape index (κ1) is 10.3. The fourth-order valence-corrected chi connectivity index (χ4v) is 3.48. The summed E-state index contributed by atoms with van der Waals surface area (Å²) in [5.41, 5.74) is 1.99. The zero-order valence-corrected chi connectivity index (χ0v) is 9.91. The minimum Gasteiger partial charge on any atom is -0.308 e. The molecule has 0 spiro atoms. The normalized spacial score (nSPS) is 32.9. The molecule has 0 radical (unpaired) electrons. The number of rotatable bonds is 3. The SMILES string of the molecule is c1ccc(CCC23CCCC(CC2)N3)cc1. The average molecular weight is 215 g/mol. The van der Waals surface area contributed by atoms with E-state index in [0.717, 1.165) is 6.04 Å². The third-order valence-electron chi connectivity index (χ3n) is 4.42. The van der Waals surface area contributed by atoms with Gasteiger partial charge in [0.1, 0.15) is 0 Å². The highest BCUT2D eigenvalue weighted by Crippen LogP contribution is 2.38. The van der Waals surface area contributed by atoms with Gasteiger partial charge in [0.15, 0.2) is 0 Å². The zero-order chi connectivity index (χ0) is 10.8. The van der Waals surface area contributed by atoms with Gasteiger partial charge in [0.2, 0.25) is 0 Å². The number of piperidine rings is 1. The van der Waals surface area contributed by atoms with E-state index in [1.165, 1.54) is 50.5 Å². The van der Waals surface area contributed by atoms with Gasteiger partial charge in [0, 0.05) is 11.6 Å². The van der Waals surface area contributed by atoms with Gasteiger partial charge >= 0.3 is 0 Å². The minimum atomic E-state index is 0.499. The van der Waals surface area contributed by atoms with Crippen molar-refractivity contribution in [2.24, 2.45) is 0 Å². The number of aryl methyl sites for hydroxylation is 1. The molecule has 2 saturated heterocycles. The molecule has 2 unspecified atom stereocenters. The van der Waals surface area contributed by atoms with Crippen LogP contribution < -0.4 is 5.32 Å². The molecule has 86 valence electrons. The van der Waals surface area contributed by atoms with E-state index in [1.54, 1.807) is 0 Å². The molecule has 3 rings (SSSR count). The van der Waals surface area contributed by atoms with Gasteiger partial charge in [-0.2, -0.15) is 0 Å². The Kier molecular flexibility index (Phi) is 2.72. The van der Waals surface area contributed by atoms with Gasteiger partial charge in [0.05, 0.1) is 0 Å². The van der Waals surface area contributed by atoms with E-state index in [4.69, 9.17) is 0 Å². The number of benzene rings is 1. The molecule has 16 heavy (non-hydrogen) atoms. The highest BCUT2D eigenvalue weighted by atomic mass is 15.1. The van der Waals surface area contributed by atoms with Crippen molar-refractivity contribution < 1.29 is 0 Å². The summed E-state index contributed by atoms with van der Waals surface area (Å²) in [6, 6.07) is 11.8. The molecule has 0 amide bonds. The van der Waals surface area contributed by atoms with Crippen LogP contribution in [0.5, 0.6) is 0 Å². The van der Waals surface area contributed by atoms with Gasteiger partial charge in [-0.05, 0) is 44.1 Å². The van der Waals surface area contributed by atoms with Gasteiger partial charge in [-0.15, -0.1) is 0 Å². The van der Waals surface area contributed by atoms with Crippen LogP contribution in [0, 0.1) is 0 Å². The molecule has 2 heterocycles. The van der Waals surface area contributed by atoms with E-state index in [1.807, 2.05) is 0 Å². The van der Waals surface area contributed by atoms with E-state index < -0.39 is 0 Å². The molecule has 1 heteroatoms. The zero-order valence-electron chi connectivity index (χ0n) is 9.91. The summed E-state index contributed by atoms with van der Waals surface area (Å²) in [4.78, 5) is 0. The average Bonchev–Trinajstić information content (AvgIpc) is 2.64. The van der Waals surface area contributed by atoms with E-state index in [-0.39, 0.29) is 0 Å². The predicted molar refractivity (Wildman–Crippen MR) is 67.5 cm³/mol. The highest BCUT2D eigenvalue weighted by molar-refractivity contribution is 5.16. The fraction of sp³-hybridized carbons (Fsp3) is 0.600. The lowest BCUT2D eigenvalue weighted by molar-refractivity contribution is 0.259. The Balaban J connectivity index is 1.63. The Morgan fingerprint density at radius 3 is 2.88 bits per heavy atom. The number of fused-ring (bicyclic) bond motifs is 2. The standard InChI is InChI=1S/C15H21N/c1-2-5-13(6-3-1)8-11-15-10-4-7-14(16-15)9-12-15/h1-3,5-6,14,16H,4,7-12H2. The summed E-state index contributed by atoms with van der Waals surface area (Å²) in [5.74, 6) is 0. The maximum atomic E-state index is 3.87. The molecular weight excluding hydrogens is 194 g/mol. The summed E-state index contributed by atoms with van der Waals surface area (Å²) >= 11 is 0. The van der Waals surface area contributed by atoms with Crippen LogP contribution in [-0.4, -0.2) is 11.6 Å². The number of hydrogen-bond acceptors (Lipinski definition) is 1. The Hall–Kier alpha value is -0.820. The smallest absolute Gasteiger partial charge is 0.0187 e.